The van der Waals surface area contributed by atoms with E-state index in [4.69, 9.17) is 21.1 Å². The molecule has 0 spiro atoms. The zero-order chi connectivity index (χ0) is 15.5. The first kappa shape index (κ1) is 19.8. The molecule has 0 radical (unpaired) electrons. The number of carbonyl (C=O) groups excluding carboxylic acids is 2. The van der Waals surface area contributed by atoms with Crippen LogP contribution in [0, 0.1) is 0 Å². The van der Waals surface area contributed by atoms with E-state index in [-0.39, 0.29) is 13.2 Å². The van der Waals surface area contributed by atoms with Crippen LogP contribution < -0.4 is 11.5 Å². The van der Waals surface area contributed by atoms with Crippen molar-refractivity contribution in [3.63, 3.8) is 0 Å². The van der Waals surface area contributed by atoms with Gasteiger partial charge in [-0.25, -0.2) is 0 Å². The van der Waals surface area contributed by atoms with Crippen LogP contribution in [-0.2, 0) is 24.4 Å². The summed E-state index contributed by atoms with van der Waals surface area (Å²) >= 11 is 0. The van der Waals surface area contributed by atoms with Gasteiger partial charge in [-0.2, -0.15) is 8.42 Å². The Labute approximate surface area is 111 Å². The van der Waals surface area contributed by atoms with Crippen molar-refractivity contribution >= 4 is 22.0 Å². The van der Waals surface area contributed by atoms with Gasteiger partial charge in [0.15, 0.2) is 5.25 Å². The van der Waals surface area contributed by atoms with Gasteiger partial charge in [0.1, 0.15) is 6.61 Å². The summed E-state index contributed by atoms with van der Waals surface area (Å²) in [6.07, 6.45) is 0.387. The minimum atomic E-state index is -4.70. The van der Waals surface area contributed by atoms with Gasteiger partial charge in [-0.05, 0) is 0 Å². The van der Waals surface area contributed by atoms with Crippen LogP contribution in [0.2, 0.25) is 0 Å². The van der Waals surface area contributed by atoms with Gasteiger partial charge in [0, 0.05) is 6.54 Å². The number of hydrogen-bond donors (Lipinski definition) is 4. The molecule has 0 aliphatic heterocycles. The van der Waals surface area contributed by atoms with Gasteiger partial charge in [-0.15, -0.1) is 0 Å². The van der Waals surface area contributed by atoms with Gasteiger partial charge < -0.3 is 21.3 Å². The van der Waals surface area contributed by atoms with Crippen molar-refractivity contribution in [2.75, 3.05) is 19.8 Å². The Balaban J connectivity index is 0. The Morgan fingerprint density at radius 3 is 2.16 bits per heavy atom. The predicted molar refractivity (Wildman–Crippen MR) is 66.4 cm³/mol. The third kappa shape index (κ3) is 11.3. The predicted octanol–water partition coefficient (Wildman–Crippen LogP) is -2.22. The van der Waals surface area contributed by atoms with Gasteiger partial charge in [0.2, 0.25) is 5.91 Å². The number of aliphatic hydroxyl groups excluding tert-OH is 1. The van der Waals surface area contributed by atoms with Crippen LogP contribution in [0.5, 0.6) is 0 Å². The lowest BCUT2D eigenvalue weighted by molar-refractivity contribution is -0.143. The summed E-state index contributed by atoms with van der Waals surface area (Å²) in [6, 6.07) is 0. The van der Waals surface area contributed by atoms with E-state index in [1.54, 1.807) is 0 Å². The zero-order valence-electron chi connectivity index (χ0n) is 10.2. The van der Waals surface area contributed by atoms with E-state index >= 15 is 0 Å². The van der Waals surface area contributed by atoms with Crippen LogP contribution in [0.25, 0.3) is 0 Å². The fourth-order valence-corrected chi connectivity index (χ4v) is 1.41. The molecule has 9 nitrogen and oxygen atoms in total. The molecule has 0 rings (SSSR count). The van der Waals surface area contributed by atoms with Crippen molar-refractivity contribution in [3.05, 3.63) is 12.7 Å². The van der Waals surface area contributed by atoms with E-state index in [1.165, 1.54) is 6.08 Å². The molecule has 0 aliphatic rings. The quantitative estimate of drug-likeness (QED) is 0.233. The van der Waals surface area contributed by atoms with E-state index in [2.05, 4.69) is 11.3 Å². The molecule has 0 aromatic rings. The second kappa shape index (κ2) is 10.4. The van der Waals surface area contributed by atoms with E-state index in [0.717, 1.165) is 0 Å². The van der Waals surface area contributed by atoms with Crippen LogP contribution >= 0.6 is 0 Å². The topological polar surface area (TPSA) is 170 Å². The van der Waals surface area contributed by atoms with Crippen LogP contribution in [0.3, 0.4) is 0 Å². The lowest BCUT2D eigenvalue weighted by atomic mass is 10.3. The van der Waals surface area contributed by atoms with Crippen molar-refractivity contribution < 1.29 is 32.4 Å². The molecule has 0 aromatic heterocycles. The molecule has 1 atom stereocenters. The maximum atomic E-state index is 11.1. The maximum absolute atomic E-state index is 11.1. The molecule has 112 valence electrons. The molecule has 0 aromatic carbocycles. The highest BCUT2D eigenvalue weighted by Gasteiger charge is 2.34. The first-order chi connectivity index (χ1) is 8.70. The summed E-state index contributed by atoms with van der Waals surface area (Å²) in [6.45, 7) is 3.49. The summed E-state index contributed by atoms with van der Waals surface area (Å²) in [5.41, 5.74) is 9.49. The molecule has 0 heterocycles. The second-order valence-electron chi connectivity index (χ2n) is 3.11. The highest BCUT2D eigenvalue weighted by molar-refractivity contribution is 7.87. The van der Waals surface area contributed by atoms with E-state index in [9.17, 15) is 18.0 Å². The minimum Gasteiger partial charge on any atom is -0.460 e. The molecule has 10 heteroatoms. The monoisotopic (exact) mass is 298 g/mol. The Hall–Kier alpha value is -1.49. The number of esters is 1. The van der Waals surface area contributed by atoms with Crippen molar-refractivity contribution in [1.82, 2.24) is 0 Å². The average Bonchev–Trinajstić information content (AvgIpc) is 2.31. The first-order valence-corrected chi connectivity index (χ1v) is 6.54. The lowest BCUT2D eigenvalue weighted by Gasteiger charge is -2.10. The minimum absolute atomic E-state index is 0.0972. The molecule has 0 saturated carbocycles. The maximum Gasteiger partial charge on any atom is 0.327 e. The molecular formula is C9H18N2O7S. The average molecular weight is 298 g/mol. The van der Waals surface area contributed by atoms with E-state index in [1.807, 2.05) is 0 Å². The Morgan fingerprint density at radius 1 is 1.42 bits per heavy atom. The summed E-state index contributed by atoms with van der Waals surface area (Å²) < 4.78 is 34.4. The van der Waals surface area contributed by atoms with Crippen molar-refractivity contribution in [2.45, 2.75) is 11.7 Å². The Kier molecular flexibility index (Phi) is 10.9. The van der Waals surface area contributed by atoms with E-state index < -0.39 is 33.7 Å². The zero-order valence-corrected chi connectivity index (χ0v) is 11.0. The Morgan fingerprint density at radius 2 is 1.89 bits per heavy atom. The van der Waals surface area contributed by atoms with Crippen molar-refractivity contribution in [3.8, 4) is 0 Å². The second-order valence-corrected chi connectivity index (χ2v) is 4.70. The number of carbonyl (C=O) groups is 2. The SMILES string of the molecule is C=CCOC(=O)C(CC(N)=O)S(=O)(=O)O.NCCO. The van der Waals surface area contributed by atoms with E-state index in [0.29, 0.717) is 6.54 Å². The van der Waals surface area contributed by atoms with Gasteiger partial charge in [-0.3, -0.25) is 14.1 Å². The van der Waals surface area contributed by atoms with Gasteiger partial charge in [-0.1, -0.05) is 12.7 Å². The molecule has 0 bridgehead atoms. The Bertz CT molecular complexity index is 391. The third-order valence-corrected chi connectivity index (χ3v) is 2.56. The van der Waals surface area contributed by atoms with Crippen LogP contribution in [0.1, 0.15) is 6.42 Å². The molecule has 0 saturated heterocycles. The smallest absolute Gasteiger partial charge is 0.327 e. The molecule has 0 fully saturated rings. The summed E-state index contributed by atoms with van der Waals surface area (Å²) in [7, 11) is -4.70. The molecule has 19 heavy (non-hydrogen) atoms. The summed E-state index contributed by atoms with van der Waals surface area (Å²) in [5, 5.41) is 5.77. The van der Waals surface area contributed by atoms with Crippen molar-refractivity contribution in [1.29, 1.82) is 0 Å². The largest absolute Gasteiger partial charge is 0.460 e. The van der Waals surface area contributed by atoms with Gasteiger partial charge >= 0.3 is 5.97 Å². The number of rotatable bonds is 7. The summed E-state index contributed by atoms with van der Waals surface area (Å²) in [5.74, 6) is -2.27. The molecule has 1 unspecified atom stereocenters. The molecular weight excluding hydrogens is 280 g/mol. The fraction of sp³-hybridized carbons (Fsp3) is 0.556. The molecule has 6 N–H and O–H groups in total. The normalized spacial score (nSPS) is 11.7. The lowest BCUT2D eigenvalue weighted by Crippen LogP contribution is -2.35. The highest BCUT2D eigenvalue weighted by atomic mass is 32.2. The number of aliphatic hydroxyl groups is 1. The summed E-state index contributed by atoms with van der Waals surface area (Å²) in [4.78, 5) is 21.5. The number of ether oxygens (including phenoxy) is 1. The molecule has 0 aliphatic carbocycles. The van der Waals surface area contributed by atoms with Crippen LogP contribution in [-0.4, -0.2) is 55.0 Å². The number of primary amides is 1. The third-order valence-electron chi connectivity index (χ3n) is 1.48. The first-order valence-electron chi connectivity index (χ1n) is 5.03. The van der Waals surface area contributed by atoms with Crippen LogP contribution in [0.15, 0.2) is 12.7 Å². The van der Waals surface area contributed by atoms with Gasteiger partial charge in [0.05, 0.1) is 13.0 Å². The number of hydrogen-bond acceptors (Lipinski definition) is 7. The number of nitrogens with two attached hydrogens (primary N) is 2. The molecule has 1 amide bonds. The van der Waals surface area contributed by atoms with Crippen molar-refractivity contribution in [2.24, 2.45) is 11.5 Å². The van der Waals surface area contributed by atoms with Crippen LogP contribution in [0.4, 0.5) is 0 Å². The fourth-order valence-electron chi connectivity index (χ4n) is 0.727. The number of amides is 1. The highest BCUT2D eigenvalue weighted by Crippen LogP contribution is 2.06. The standard InChI is InChI=1S/C7H11NO6S.C2H7NO/c1-2-3-14-7(10)5(4-6(8)9)15(11,12)13;3-1-2-4/h2,5H,1,3-4H2,(H2,8,9)(H,11,12,13);4H,1-3H2. The van der Waals surface area contributed by atoms with Gasteiger partial charge in [0.25, 0.3) is 10.1 Å².